The van der Waals surface area contributed by atoms with E-state index < -0.39 is 21.1 Å². The summed E-state index contributed by atoms with van der Waals surface area (Å²) in [4.78, 5) is 15.1. The van der Waals surface area contributed by atoms with Gasteiger partial charge in [0.25, 0.3) is 0 Å². The Morgan fingerprint density at radius 1 is 1.11 bits per heavy atom. The Kier molecular flexibility index (Phi) is 5.02. The monoisotopic (exact) mass is 399 g/mol. The van der Waals surface area contributed by atoms with Gasteiger partial charge in [0.15, 0.2) is 9.84 Å². The molecule has 0 unspecified atom stereocenters. The van der Waals surface area contributed by atoms with Crippen molar-refractivity contribution < 1.29 is 17.9 Å². The summed E-state index contributed by atoms with van der Waals surface area (Å²) < 4.78 is 32.4. The summed E-state index contributed by atoms with van der Waals surface area (Å²) in [7, 11) is -3.61. The molecule has 5 nitrogen and oxygen atoms in total. The number of benzene rings is 2. The van der Waals surface area contributed by atoms with Crippen molar-refractivity contribution in [2.45, 2.75) is 55.0 Å². The lowest BCUT2D eigenvalue weighted by molar-refractivity contribution is -0.150. The van der Waals surface area contributed by atoms with E-state index in [1.54, 1.807) is 37.3 Å². The highest BCUT2D eigenvalue weighted by Gasteiger charge is 2.54. The predicted octanol–water partition coefficient (Wildman–Crippen LogP) is 3.15. The molecule has 148 valence electrons. The summed E-state index contributed by atoms with van der Waals surface area (Å²) in [5.74, 6) is -0.329. The molecule has 0 bridgehead atoms. The molecule has 4 atom stereocenters. The van der Waals surface area contributed by atoms with Crippen LogP contribution in [-0.2, 0) is 25.8 Å². The van der Waals surface area contributed by atoms with Crippen LogP contribution >= 0.6 is 0 Å². The van der Waals surface area contributed by atoms with Gasteiger partial charge in [-0.3, -0.25) is 9.69 Å². The maximum absolute atomic E-state index is 13.6. The molecular weight excluding hydrogens is 374 g/mol. The maximum Gasteiger partial charge on any atom is 0.323 e. The molecule has 0 aliphatic carbocycles. The van der Waals surface area contributed by atoms with Gasteiger partial charge in [-0.05, 0) is 49.9 Å². The molecule has 0 spiro atoms. The standard InChI is InChI=1S/C22H25NO4S/c1-3-27-22(24)19-14-20(28(25,26)17-10-5-4-6-11-17)21-18-12-8-7-9-16(18)13-15(2)23(19)21/h4-12,15,19-21H,3,13-14H2,1-2H3/t15-,19-,20-,21+/m0/s1. The van der Waals surface area contributed by atoms with Crippen molar-refractivity contribution in [1.82, 2.24) is 4.90 Å². The first-order valence-electron chi connectivity index (χ1n) is 9.76. The number of hydrogen-bond donors (Lipinski definition) is 0. The van der Waals surface area contributed by atoms with Crippen LogP contribution < -0.4 is 0 Å². The van der Waals surface area contributed by atoms with Crippen LogP contribution in [0.2, 0.25) is 0 Å². The van der Waals surface area contributed by atoms with E-state index in [1.807, 2.05) is 18.2 Å². The largest absolute Gasteiger partial charge is 0.465 e. The minimum absolute atomic E-state index is 0.0604. The molecule has 0 amide bonds. The molecule has 1 fully saturated rings. The number of nitrogens with zero attached hydrogens (tertiary/aromatic N) is 1. The smallest absolute Gasteiger partial charge is 0.323 e. The van der Waals surface area contributed by atoms with E-state index in [0.29, 0.717) is 4.90 Å². The van der Waals surface area contributed by atoms with Crippen LogP contribution in [0.15, 0.2) is 59.5 Å². The zero-order valence-corrected chi connectivity index (χ0v) is 16.9. The Balaban J connectivity index is 1.84. The molecule has 0 radical (unpaired) electrons. The fraction of sp³-hybridized carbons (Fsp3) is 0.409. The highest BCUT2D eigenvalue weighted by atomic mass is 32.2. The summed E-state index contributed by atoms with van der Waals surface area (Å²) in [5.41, 5.74) is 2.17. The lowest BCUT2D eigenvalue weighted by Gasteiger charge is -2.41. The Morgan fingerprint density at radius 3 is 2.50 bits per heavy atom. The minimum atomic E-state index is -3.61. The van der Waals surface area contributed by atoms with Crippen molar-refractivity contribution in [3.05, 3.63) is 65.7 Å². The van der Waals surface area contributed by atoms with Crippen molar-refractivity contribution >= 4 is 15.8 Å². The molecule has 2 heterocycles. The van der Waals surface area contributed by atoms with Crippen LogP contribution in [0.1, 0.15) is 37.4 Å². The first-order valence-corrected chi connectivity index (χ1v) is 11.3. The fourth-order valence-electron chi connectivity index (χ4n) is 4.77. The Hall–Kier alpha value is -2.18. The van der Waals surface area contributed by atoms with E-state index in [1.165, 1.54) is 0 Å². The summed E-state index contributed by atoms with van der Waals surface area (Å²) in [6, 6.07) is 15.7. The van der Waals surface area contributed by atoms with E-state index in [-0.39, 0.29) is 31.1 Å². The SMILES string of the molecule is CCOC(=O)[C@@H]1C[C@H](S(=O)(=O)c2ccccc2)[C@H]2c3ccccc3C[C@H](C)N21. The lowest BCUT2D eigenvalue weighted by atomic mass is 9.89. The minimum Gasteiger partial charge on any atom is -0.465 e. The summed E-state index contributed by atoms with van der Waals surface area (Å²) >= 11 is 0. The van der Waals surface area contributed by atoms with Crippen molar-refractivity contribution in [2.24, 2.45) is 0 Å². The summed E-state index contributed by atoms with van der Waals surface area (Å²) in [6.07, 6.45) is 1.04. The lowest BCUT2D eigenvalue weighted by Crippen LogP contribution is -2.48. The van der Waals surface area contributed by atoms with E-state index in [9.17, 15) is 13.2 Å². The molecule has 2 aliphatic heterocycles. The average molecular weight is 400 g/mol. The molecule has 6 heteroatoms. The van der Waals surface area contributed by atoms with Crippen molar-refractivity contribution in [3.8, 4) is 0 Å². The van der Waals surface area contributed by atoms with Crippen molar-refractivity contribution in [3.63, 3.8) is 0 Å². The highest BCUT2D eigenvalue weighted by Crippen LogP contribution is 2.47. The van der Waals surface area contributed by atoms with Gasteiger partial charge in [0.1, 0.15) is 6.04 Å². The molecule has 2 aromatic rings. The number of carbonyl (C=O) groups is 1. The number of esters is 1. The molecular formula is C22H25NO4S. The van der Waals surface area contributed by atoms with Crippen LogP contribution in [-0.4, -0.2) is 43.2 Å². The molecule has 2 aromatic carbocycles. The molecule has 2 aliphatic rings. The molecule has 28 heavy (non-hydrogen) atoms. The van der Waals surface area contributed by atoms with Gasteiger partial charge in [-0.25, -0.2) is 8.42 Å². The van der Waals surface area contributed by atoms with Gasteiger partial charge in [0.05, 0.1) is 22.8 Å². The maximum atomic E-state index is 13.6. The summed E-state index contributed by atoms with van der Waals surface area (Å²) in [6.45, 7) is 4.12. The Labute approximate surface area is 166 Å². The second kappa shape index (κ2) is 7.33. The normalized spacial score (nSPS) is 27.1. The zero-order valence-electron chi connectivity index (χ0n) is 16.1. The number of fused-ring (bicyclic) bond motifs is 3. The van der Waals surface area contributed by atoms with Crippen LogP contribution in [0.3, 0.4) is 0 Å². The second-order valence-electron chi connectivity index (χ2n) is 7.54. The van der Waals surface area contributed by atoms with Crippen molar-refractivity contribution in [2.75, 3.05) is 6.61 Å². The third-order valence-electron chi connectivity index (χ3n) is 5.92. The zero-order chi connectivity index (χ0) is 19.9. The third kappa shape index (κ3) is 3.05. The van der Waals surface area contributed by atoms with Gasteiger partial charge in [-0.15, -0.1) is 0 Å². The van der Waals surface area contributed by atoms with Gasteiger partial charge in [0.2, 0.25) is 0 Å². The number of rotatable bonds is 4. The highest BCUT2D eigenvalue weighted by molar-refractivity contribution is 7.92. The number of hydrogen-bond acceptors (Lipinski definition) is 5. The van der Waals surface area contributed by atoms with Gasteiger partial charge >= 0.3 is 5.97 Å². The molecule has 0 N–H and O–H groups in total. The molecule has 4 rings (SSSR count). The van der Waals surface area contributed by atoms with E-state index in [2.05, 4.69) is 17.9 Å². The first-order chi connectivity index (χ1) is 13.4. The van der Waals surface area contributed by atoms with Gasteiger partial charge in [-0.2, -0.15) is 0 Å². The van der Waals surface area contributed by atoms with Crippen molar-refractivity contribution in [1.29, 1.82) is 0 Å². The number of carbonyl (C=O) groups excluding carboxylic acids is 1. The quantitative estimate of drug-likeness (QED) is 0.739. The third-order valence-corrected chi connectivity index (χ3v) is 8.09. The van der Waals surface area contributed by atoms with Crippen LogP contribution in [0, 0.1) is 0 Å². The first kappa shape index (κ1) is 19.2. The Bertz CT molecular complexity index is 973. The number of sulfone groups is 1. The average Bonchev–Trinajstić information content (AvgIpc) is 3.11. The topological polar surface area (TPSA) is 63.7 Å². The molecule has 1 saturated heterocycles. The van der Waals surface area contributed by atoms with Crippen LogP contribution in [0.25, 0.3) is 0 Å². The van der Waals surface area contributed by atoms with E-state index in [4.69, 9.17) is 4.74 Å². The molecule has 0 aromatic heterocycles. The van der Waals surface area contributed by atoms with E-state index >= 15 is 0 Å². The fourth-order valence-corrected chi connectivity index (χ4v) is 6.72. The van der Waals surface area contributed by atoms with Crippen LogP contribution in [0.4, 0.5) is 0 Å². The number of ether oxygens (including phenoxy) is 1. The second-order valence-corrected chi connectivity index (χ2v) is 9.71. The van der Waals surface area contributed by atoms with E-state index in [0.717, 1.165) is 17.5 Å². The van der Waals surface area contributed by atoms with Gasteiger partial charge < -0.3 is 4.74 Å². The summed E-state index contributed by atoms with van der Waals surface area (Å²) in [5, 5.41) is -0.687. The van der Waals surface area contributed by atoms with Gasteiger partial charge in [-0.1, -0.05) is 42.5 Å². The van der Waals surface area contributed by atoms with Crippen LogP contribution in [0.5, 0.6) is 0 Å². The molecule has 0 saturated carbocycles. The van der Waals surface area contributed by atoms with Gasteiger partial charge in [0, 0.05) is 6.04 Å². The predicted molar refractivity (Wildman–Crippen MR) is 107 cm³/mol. The Morgan fingerprint density at radius 2 is 1.79 bits per heavy atom.